The van der Waals surface area contributed by atoms with E-state index in [2.05, 4.69) is 26.1 Å². The van der Waals surface area contributed by atoms with Crippen molar-refractivity contribution in [3.05, 3.63) is 57.9 Å². The molecule has 1 amide bonds. The summed E-state index contributed by atoms with van der Waals surface area (Å²) < 4.78 is 6.52. The molecule has 3 rings (SSSR count). The smallest absolute Gasteiger partial charge is 0.259 e. The van der Waals surface area contributed by atoms with Crippen LogP contribution in [0, 0.1) is 6.57 Å². The van der Waals surface area contributed by atoms with Crippen molar-refractivity contribution in [3.63, 3.8) is 0 Å². The van der Waals surface area contributed by atoms with E-state index >= 15 is 0 Å². The molecule has 0 saturated carbocycles. The second-order valence-electron chi connectivity index (χ2n) is 3.99. The standard InChI is InChI=1S/C14H7BrN2O2/c1-16-9-3-5-13-11(7-9)17-14(18)10-6-8(15)2-4-12(10)19-13/h2-7H,(H,17,18). The topological polar surface area (TPSA) is 42.7 Å². The summed E-state index contributed by atoms with van der Waals surface area (Å²) in [6.45, 7) is 6.99. The van der Waals surface area contributed by atoms with Gasteiger partial charge in [0.2, 0.25) is 0 Å². The van der Waals surface area contributed by atoms with E-state index in [-0.39, 0.29) is 5.91 Å². The van der Waals surface area contributed by atoms with E-state index in [0.29, 0.717) is 28.4 Å². The van der Waals surface area contributed by atoms with Crippen LogP contribution >= 0.6 is 15.9 Å². The average molecular weight is 315 g/mol. The molecular formula is C14H7BrN2O2. The van der Waals surface area contributed by atoms with Crippen molar-refractivity contribution in [1.29, 1.82) is 0 Å². The van der Waals surface area contributed by atoms with Crippen LogP contribution in [0.1, 0.15) is 10.4 Å². The Morgan fingerprint density at radius 1 is 1.16 bits per heavy atom. The minimum Gasteiger partial charge on any atom is -0.454 e. The maximum atomic E-state index is 12.1. The van der Waals surface area contributed by atoms with Crippen LogP contribution in [-0.2, 0) is 0 Å². The molecule has 0 fully saturated rings. The Bertz CT molecular complexity index is 735. The summed E-state index contributed by atoms with van der Waals surface area (Å²) in [5.74, 6) is 0.772. The fourth-order valence-electron chi connectivity index (χ4n) is 1.85. The molecule has 1 aliphatic rings. The summed E-state index contributed by atoms with van der Waals surface area (Å²) in [6.07, 6.45) is 0. The van der Waals surface area contributed by atoms with E-state index in [1.807, 2.05) is 6.07 Å². The number of anilines is 1. The van der Waals surface area contributed by atoms with Crippen LogP contribution in [-0.4, -0.2) is 5.91 Å². The number of nitrogens with one attached hydrogen (secondary N) is 1. The molecule has 0 saturated heterocycles. The average Bonchev–Trinajstić information content (AvgIpc) is 2.54. The van der Waals surface area contributed by atoms with Crippen LogP contribution in [0.15, 0.2) is 40.9 Å². The zero-order valence-corrected chi connectivity index (χ0v) is 11.2. The first kappa shape index (κ1) is 11.8. The first-order valence-corrected chi connectivity index (χ1v) is 6.27. The Morgan fingerprint density at radius 2 is 1.95 bits per heavy atom. The van der Waals surface area contributed by atoms with Gasteiger partial charge in [-0.05, 0) is 30.3 Å². The fourth-order valence-corrected chi connectivity index (χ4v) is 2.21. The van der Waals surface area contributed by atoms with Gasteiger partial charge in [0.25, 0.3) is 5.91 Å². The van der Waals surface area contributed by atoms with Gasteiger partial charge in [-0.1, -0.05) is 22.0 Å². The molecule has 2 aromatic rings. The highest BCUT2D eigenvalue weighted by Crippen LogP contribution is 2.38. The Hall–Kier alpha value is -2.32. The maximum Gasteiger partial charge on any atom is 0.259 e. The highest BCUT2D eigenvalue weighted by molar-refractivity contribution is 9.10. The molecule has 0 spiro atoms. The van der Waals surface area contributed by atoms with E-state index in [9.17, 15) is 4.79 Å². The van der Waals surface area contributed by atoms with E-state index in [4.69, 9.17) is 11.3 Å². The zero-order valence-electron chi connectivity index (χ0n) is 9.61. The van der Waals surface area contributed by atoms with E-state index in [1.54, 1.807) is 30.3 Å². The quantitative estimate of drug-likeness (QED) is 0.734. The van der Waals surface area contributed by atoms with Gasteiger partial charge in [-0.2, -0.15) is 0 Å². The predicted molar refractivity (Wildman–Crippen MR) is 74.9 cm³/mol. The molecule has 0 unspecified atom stereocenters. The maximum absolute atomic E-state index is 12.1. The van der Waals surface area contributed by atoms with E-state index in [0.717, 1.165) is 4.47 Å². The molecule has 0 radical (unpaired) electrons. The predicted octanol–water partition coefficient (Wildman–Crippen LogP) is 4.36. The Morgan fingerprint density at radius 3 is 2.74 bits per heavy atom. The van der Waals surface area contributed by atoms with Gasteiger partial charge in [0.05, 0.1) is 17.8 Å². The first-order chi connectivity index (χ1) is 9.17. The molecule has 0 bridgehead atoms. The van der Waals surface area contributed by atoms with Crippen molar-refractivity contribution in [2.75, 3.05) is 5.32 Å². The summed E-state index contributed by atoms with van der Waals surface area (Å²) in [4.78, 5) is 15.5. The van der Waals surface area contributed by atoms with Gasteiger partial charge in [-0.25, -0.2) is 4.85 Å². The van der Waals surface area contributed by atoms with Crippen molar-refractivity contribution in [3.8, 4) is 11.5 Å². The number of carbonyl (C=O) groups is 1. The second-order valence-corrected chi connectivity index (χ2v) is 4.90. The van der Waals surface area contributed by atoms with Gasteiger partial charge < -0.3 is 10.1 Å². The molecule has 92 valence electrons. The van der Waals surface area contributed by atoms with Crippen LogP contribution in [0.5, 0.6) is 11.5 Å². The molecule has 1 N–H and O–H groups in total. The Balaban J connectivity index is 2.14. The van der Waals surface area contributed by atoms with Gasteiger partial charge in [-0.3, -0.25) is 4.79 Å². The number of nitrogens with zero attached hydrogens (tertiary/aromatic N) is 1. The normalized spacial score (nSPS) is 12.3. The summed E-state index contributed by atoms with van der Waals surface area (Å²) in [7, 11) is 0. The third kappa shape index (κ3) is 2.07. The van der Waals surface area contributed by atoms with Gasteiger partial charge in [0.15, 0.2) is 5.69 Å². The van der Waals surface area contributed by atoms with Crippen molar-refractivity contribution >= 4 is 33.2 Å². The third-order valence-electron chi connectivity index (χ3n) is 2.75. The molecule has 5 heteroatoms. The van der Waals surface area contributed by atoms with E-state index in [1.165, 1.54) is 0 Å². The van der Waals surface area contributed by atoms with Crippen LogP contribution in [0.25, 0.3) is 4.85 Å². The monoisotopic (exact) mass is 314 g/mol. The lowest BCUT2D eigenvalue weighted by Gasteiger charge is -2.07. The zero-order chi connectivity index (χ0) is 13.4. The van der Waals surface area contributed by atoms with Crippen molar-refractivity contribution in [2.24, 2.45) is 0 Å². The number of amides is 1. The van der Waals surface area contributed by atoms with Crippen LogP contribution in [0.4, 0.5) is 11.4 Å². The highest BCUT2D eigenvalue weighted by Gasteiger charge is 2.21. The highest BCUT2D eigenvalue weighted by atomic mass is 79.9. The van der Waals surface area contributed by atoms with Gasteiger partial charge >= 0.3 is 0 Å². The molecular weight excluding hydrogens is 308 g/mol. The number of fused-ring (bicyclic) bond motifs is 2. The molecule has 0 aromatic heterocycles. The number of hydrogen-bond donors (Lipinski definition) is 1. The largest absolute Gasteiger partial charge is 0.454 e. The lowest BCUT2D eigenvalue weighted by molar-refractivity contribution is 0.102. The minimum absolute atomic E-state index is 0.253. The van der Waals surface area contributed by atoms with Crippen molar-refractivity contribution < 1.29 is 9.53 Å². The summed E-state index contributed by atoms with van der Waals surface area (Å²) in [5, 5.41) is 2.75. The number of benzene rings is 2. The fraction of sp³-hybridized carbons (Fsp3) is 0. The molecule has 19 heavy (non-hydrogen) atoms. The second kappa shape index (κ2) is 4.41. The molecule has 0 atom stereocenters. The van der Waals surface area contributed by atoms with Gasteiger partial charge in [0.1, 0.15) is 11.5 Å². The van der Waals surface area contributed by atoms with Crippen LogP contribution < -0.4 is 10.1 Å². The summed E-state index contributed by atoms with van der Waals surface area (Å²) in [6, 6.07) is 10.2. The van der Waals surface area contributed by atoms with Crippen molar-refractivity contribution in [1.82, 2.24) is 0 Å². The lowest BCUT2D eigenvalue weighted by atomic mass is 10.2. The number of halogens is 1. The Labute approximate surface area is 118 Å². The first-order valence-electron chi connectivity index (χ1n) is 5.47. The SMILES string of the molecule is [C-]#[N+]c1ccc2c(c1)NC(=O)c1cc(Br)ccc1O2. The molecule has 1 aliphatic heterocycles. The summed E-state index contributed by atoms with van der Waals surface area (Å²) >= 11 is 3.33. The summed E-state index contributed by atoms with van der Waals surface area (Å²) in [5.41, 5.74) is 1.41. The number of rotatable bonds is 0. The number of carbonyl (C=O) groups excluding carboxylic acids is 1. The third-order valence-corrected chi connectivity index (χ3v) is 3.24. The van der Waals surface area contributed by atoms with Crippen molar-refractivity contribution in [2.45, 2.75) is 0 Å². The lowest BCUT2D eigenvalue weighted by Crippen LogP contribution is -2.10. The Kier molecular flexibility index (Phi) is 2.73. The minimum atomic E-state index is -0.253. The van der Waals surface area contributed by atoms with Crippen LogP contribution in [0.2, 0.25) is 0 Å². The number of ether oxygens (including phenoxy) is 1. The number of hydrogen-bond acceptors (Lipinski definition) is 2. The van der Waals surface area contributed by atoms with Crippen LogP contribution in [0.3, 0.4) is 0 Å². The molecule has 2 aromatic carbocycles. The van der Waals surface area contributed by atoms with Gasteiger partial charge in [0, 0.05) is 4.47 Å². The van der Waals surface area contributed by atoms with E-state index < -0.39 is 0 Å². The molecule has 4 nitrogen and oxygen atoms in total. The molecule has 0 aliphatic carbocycles. The molecule has 1 heterocycles. The van der Waals surface area contributed by atoms with Gasteiger partial charge in [-0.15, -0.1) is 0 Å².